The number of hydrogen-bond acceptors (Lipinski definition) is 0. The number of rotatable bonds is 3. The van der Waals surface area contributed by atoms with Crippen LogP contribution in [0.3, 0.4) is 0 Å². The molecule has 0 saturated heterocycles. The summed E-state index contributed by atoms with van der Waals surface area (Å²) in [6, 6.07) is 30.7. The average molecular weight is 458 g/mol. The maximum Gasteiger partial charge on any atom is 3.00 e. The predicted molar refractivity (Wildman–Crippen MR) is 99.0 cm³/mol. The Morgan fingerprint density at radius 2 is 1.38 bits per heavy atom. The monoisotopic (exact) mass is 455 g/mol. The molecule has 0 fully saturated rings. The Morgan fingerprint density at radius 3 is 2.08 bits per heavy atom. The summed E-state index contributed by atoms with van der Waals surface area (Å²) >= 11 is 0. The molecule has 0 atom stereocenters. The van der Waals surface area contributed by atoms with E-state index in [2.05, 4.69) is 91.9 Å². The van der Waals surface area contributed by atoms with Gasteiger partial charge in [0, 0.05) is 0 Å². The van der Waals surface area contributed by atoms with Crippen molar-refractivity contribution in [1.82, 2.24) is 0 Å². The van der Waals surface area contributed by atoms with Gasteiger partial charge in [0.05, 0.1) is 0 Å². The predicted octanol–water partition coefficient (Wildman–Crippen LogP) is 0.130. The molecule has 0 heterocycles. The Kier molecular flexibility index (Phi) is 8.91. The SMILES string of the molecule is Cc1cc2c(-c3ccc(Cc4ccccc4)cc3)cccc2[cH-]1.[Cl-].[Cl-].[Zr+3]. The van der Waals surface area contributed by atoms with E-state index < -0.39 is 0 Å². The topological polar surface area (TPSA) is 0 Å². The Morgan fingerprint density at radius 1 is 0.731 bits per heavy atom. The molecule has 0 aliphatic rings. The smallest absolute Gasteiger partial charge is 1.00 e. The van der Waals surface area contributed by atoms with Gasteiger partial charge in [0.25, 0.3) is 0 Å². The minimum atomic E-state index is 0. The molecule has 26 heavy (non-hydrogen) atoms. The molecule has 0 aromatic heterocycles. The number of fused-ring (bicyclic) bond motifs is 1. The van der Waals surface area contributed by atoms with Crippen molar-refractivity contribution in [3.05, 3.63) is 102 Å². The zero-order valence-corrected chi connectivity index (χ0v) is 18.5. The Hall–Kier alpha value is -1.27. The van der Waals surface area contributed by atoms with E-state index in [0.717, 1.165) is 6.42 Å². The first-order valence-corrected chi connectivity index (χ1v) is 8.09. The molecule has 0 aliphatic carbocycles. The molecule has 3 heteroatoms. The minimum Gasteiger partial charge on any atom is -1.00 e. The second kappa shape index (κ2) is 10.2. The van der Waals surface area contributed by atoms with Crippen molar-refractivity contribution >= 4 is 10.8 Å². The summed E-state index contributed by atoms with van der Waals surface area (Å²) in [4.78, 5) is 0. The van der Waals surface area contributed by atoms with Crippen LogP contribution < -0.4 is 24.8 Å². The van der Waals surface area contributed by atoms with E-state index in [4.69, 9.17) is 0 Å². The second-order valence-corrected chi connectivity index (χ2v) is 6.20. The summed E-state index contributed by atoms with van der Waals surface area (Å²) in [5.41, 5.74) is 6.65. The van der Waals surface area contributed by atoms with Crippen LogP contribution in [0.25, 0.3) is 21.9 Å². The average Bonchev–Trinajstić information content (AvgIpc) is 2.97. The summed E-state index contributed by atoms with van der Waals surface area (Å²) in [7, 11) is 0. The van der Waals surface area contributed by atoms with Crippen LogP contribution in [0.1, 0.15) is 16.7 Å². The van der Waals surface area contributed by atoms with E-state index in [-0.39, 0.29) is 51.0 Å². The number of halogens is 2. The zero-order chi connectivity index (χ0) is 15.6. The normalized spacial score (nSPS) is 9.73. The first kappa shape index (κ1) is 22.8. The largest absolute Gasteiger partial charge is 3.00 e. The Labute approximate surface area is 187 Å². The molecule has 0 unspecified atom stereocenters. The first-order chi connectivity index (χ1) is 11.3. The van der Waals surface area contributed by atoms with Gasteiger partial charge in [-0.05, 0) is 23.1 Å². The molecule has 0 nitrogen and oxygen atoms in total. The van der Waals surface area contributed by atoms with Crippen LogP contribution in [0, 0.1) is 6.92 Å². The van der Waals surface area contributed by atoms with Crippen LogP contribution in [0.4, 0.5) is 0 Å². The van der Waals surface area contributed by atoms with E-state index in [0.29, 0.717) is 0 Å². The van der Waals surface area contributed by atoms with Gasteiger partial charge in [-0.2, -0.15) is 6.07 Å². The summed E-state index contributed by atoms with van der Waals surface area (Å²) < 4.78 is 0. The summed E-state index contributed by atoms with van der Waals surface area (Å²) in [6.07, 6.45) is 0.987. The van der Waals surface area contributed by atoms with Crippen molar-refractivity contribution in [2.45, 2.75) is 13.3 Å². The molecule has 129 valence electrons. The fourth-order valence-electron chi connectivity index (χ4n) is 3.27. The molecular formula is C23H19Cl2Zr. The Bertz CT molecular complexity index is 941. The first-order valence-electron chi connectivity index (χ1n) is 8.09. The molecule has 4 aromatic carbocycles. The summed E-state index contributed by atoms with van der Waals surface area (Å²) in [5.74, 6) is 0. The van der Waals surface area contributed by atoms with Gasteiger partial charge in [-0.25, -0.2) is 0 Å². The molecule has 4 aromatic rings. The van der Waals surface area contributed by atoms with Crippen LogP contribution in [0.15, 0.2) is 84.9 Å². The van der Waals surface area contributed by atoms with E-state index in [1.54, 1.807) is 0 Å². The molecular weight excluding hydrogens is 438 g/mol. The van der Waals surface area contributed by atoms with Crippen LogP contribution >= 0.6 is 0 Å². The third-order valence-electron chi connectivity index (χ3n) is 4.41. The van der Waals surface area contributed by atoms with Crippen LogP contribution in [0.5, 0.6) is 0 Å². The van der Waals surface area contributed by atoms with Gasteiger partial charge in [-0.3, -0.25) is 0 Å². The molecule has 0 bridgehead atoms. The van der Waals surface area contributed by atoms with E-state index in [9.17, 15) is 0 Å². The third kappa shape index (κ3) is 4.92. The molecule has 4 rings (SSSR count). The number of benzene rings is 3. The fourth-order valence-corrected chi connectivity index (χ4v) is 3.27. The van der Waals surface area contributed by atoms with Crippen LogP contribution in [-0.2, 0) is 32.6 Å². The van der Waals surface area contributed by atoms with E-state index >= 15 is 0 Å². The Balaban J connectivity index is 0.00000113. The number of aryl methyl sites for hydroxylation is 1. The van der Waals surface area contributed by atoms with Crippen molar-refractivity contribution < 1.29 is 51.0 Å². The minimum absolute atomic E-state index is 0. The van der Waals surface area contributed by atoms with Crippen molar-refractivity contribution in [3.63, 3.8) is 0 Å². The standard InChI is InChI=1S/C23H19.2ClH.Zr/c1-17-14-21-8-5-9-22(23(21)15-17)20-12-10-19(11-13-20)16-18-6-3-2-4-7-18;;;/h2-15H,16H2,1H3;2*1H;/q-1;;;+3/p-2. The van der Waals surface area contributed by atoms with E-state index in [1.165, 1.54) is 38.6 Å². The summed E-state index contributed by atoms with van der Waals surface area (Å²) in [6.45, 7) is 2.16. The number of hydrogen-bond donors (Lipinski definition) is 0. The van der Waals surface area contributed by atoms with Crippen LogP contribution in [0.2, 0.25) is 0 Å². The van der Waals surface area contributed by atoms with Gasteiger partial charge in [0.2, 0.25) is 0 Å². The quantitative estimate of drug-likeness (QED) is 0.384. The third-order valence-corrected chi connectivity index (χ3v) is 4.41. The van der Waals surface area contributed by atoms with Gasteiger partial charge >= 0.3 is 26.2 Å². The molecule has 0 N–H and O–H groups in total. The molecule has 0 saturated carbocycles. The zero-order valence-electron chi connectivity index (χ0n) is 14.5. The van der Waals surface area contributed by atoms with Gasteiger partial charge in [-0.15, -0.1) is 34.5 Å². The summed E-state index contributed by atoms with van der Waals surface area (Å²) in [5, 5.41) is 2.68. The van der Waals surface area contributed by atoms with Gasteiger partial charge in [0.1, 0.15) is 0 Å². The molecule has 0 amide bonds. The molecule has 0 spiro atoms. The maximum absolute atomic E-state index is 2.28. The molecule has 0 aliphatic heterocycles. The second-order valence-electron chi connectivity index (χ2n) is 6.20. The maximum atomic E-state index is 2.28. The van der Waals surface area contributed by atoms with Gasteiger partial charge in [-0.1, -0.05) is 73.2 Å². The van der Waals surface area contributed by atoms with Crippen molar-refractivity contribution in [1.29, 1.82) is 0 Å². The van der Waals surface area contributed by atoms with Crippen LogP contribution in [-0.4, -0.2) is 0 Å². The van der Waals surface area contributed by atoms with Crippen molar-refractivity contribution in [2.24, 2.45) is 0 Å². The van der Waals surface area contributed by atoms with Gasteiger partial charge in [0.15, 0.2) is 0 Å². The van der Waals surface area contributed by atoms with Crippen molar-refractivity contribution in [3.8, 4) is 11.1 Å². The fraction of sp³-hybridized carbons (Fsp3) is 0.0870. The van der Waals surface area contributed by atoms with E-state index in [1.807, 2.05) is 0 Å². The van der Waals surface area contributed by atoms with Gasteiger partial charge < -0.3 is 24.8 Å². The molecule has 1 radical (unpaired) electrons. The van der Waals surface area contributed by atoms with Crippen molar-refractivity contribution in [2.75, 3.05) is 0 Å².